The van der Waals surface area contributed by atoms with Crippen LogP contribution in [0.25, 0.3) is 0 Å². The number of anilines is 1. The van der Waals surface area contributed by atoms with Gasteiger partial charge in [0.15, 0.2) is 0 Å². The molecule has 0 aromatic heterocycles. The van der Waals surface area contributed by atoms with Crippen LogP contribution in [0.5, 0.6) is 0 Å². The maximum absolute atomic E-state index is 12.4. The van der Waals surface area contributed by atoms with Crippen LogP contribution < -0.4 is 5.32 Å². The summed E-state index contributed by atoms with van der Waals surface area (Å²) in [4.78, 5) is 18.9. The SMILES string of the molecule is CN1CCN(CCC(=O)Nc2ccccc2Sc2ccc(Cl)cc2Cl)CC1. The summed E-state index contributed by atoms with van der Waals surface area (Å²) in [6.45, 7) is 4.94. The van der Waals surface area contributed by atoms with Crippen LogP contribution in [0, 0.1) is 0 Å². The molecule has 2 aromatic carbocycles. The number of amides is 1. The minimum atomic E-state index is 0.0316. The number of benzene rings is 2. The molecule has 7 heteroatoms. The van der Waals surface area contributed by atoms with Crippen LogP contribution in [-0.4, -0.2) is 55.5 Å². The van der Waals surface area contributed by atoms with E-state index in [-0.39, 0.29) is 5.91 Å². The molecular weight excluding hydrogens is 401 g/mol. The van der Waals surface area contributed by atoms with E-state index in [1.807, 2.05) is 36.4 Å². The Morgan fingerprint density at radius 3 is 2.56 bits per heavy atom. The van der Waals surface area contributed by atoms with Crippen molar-refractivity contribution in [2.75, 3.05) is 45.1 Å². The van der Waals surface area contributed by atoms with Crippen LogP contribution in [0.3, 0.4) is 0 Å². The number of halogens is 2. The highest BCUT2D eigenvalue weighted by Crippen LogP contribution is 2.38. The fourth-order valence-electron chi connectivity index (χ4n) is 2.88. The summed E-state index contributed by atoms with van der Waals surface area (Å²) in [6.07, 6.45) is 0.490. The summed E-state index contributed by atoms with van der Waals surface area (Å²) in [5, 5.41) is 4.25. The number of carbonyl (C=O) groups excluding carboxylic acids is 1. The van der Waals surface area contributed by atoms with E-state index in [4.69, 9.17) is 23.2 Å². The van der Waals surface area contributed by atoms with Gasteiger partial charge in [-0.05, 0) is 37.4 Å². The van der Waals surface area contributed by atoms with E-state index in [0.717, 1.165) is 48.2 Å². The first-order valence-corrected chi connectivity index (χ1v) is 10.5. The lowest BCUT2D eigenvalue weighted by Crippen LogP contribution is -2.45. The first-order chi connectivity index (χ1) is 13.0. The number of likely N-dealkylation sites (N-methyl/N-ethyl adjacent to an activating group) is 1. The van der Waals surface area contributed by atoms with Crippen LogP contribution in [0.4, 0.5) is 5.69 Å². The van der Waals surface area contributed by atoms with Gasteiger partial charge in [0.1, 0.15) is 0 Å². The summed E-state index contributed by atoms with van der Waals surface area (Å²) in [5.74, 6) is 0.0316. The average molecular weight is 424 g/mol. The van der Waals surface area contributed by atoms with E-state index in [2.05, 4.69) is 22.2 Å². The molecule has 0 bridgehead atoms. The predicted molar refractivity (Wildman–Crippen MR) is 114 cm³/mol. The maximum Gasteiger partial charge on any atom is 0.225 e. The molecule has 0 radical (unpaired) electrons. The fraction of sp³-hybridized carbons (Fsp3) is 0.350. The molecule has 1 heterocycles. The van der Waals surface area contributed by atoms with Crippen molar-refractivity contribution in [3.8, 4) is 0 Å². The third-order valence-electron chi connectivity index (χ3n) is 4.53. The number of hydrogen-bond donors (Lipinski definition) is 1. The lowest BCUT2D eigenvalue weighted by molar-refractivity contribution is -0.116. The molecule has 1 saturated heterocycles. The van der Waals surface area contributed by atoms with Gasteiger partial charge in [0, 0.05) is 54.0 Å². The van der Waals surface area contributed by atoms with Crippen molar-refractivity contribution in [2.24, 2.45) is 0 Å². The van der Waals surface area contributed by atoms with E-state index >= 15 is 0 Å². The highest BCUT2D eigenvalue weighted by Gasteiger charge is 2.15. The van der Waals surface area contributed by atoms with Crippen molar-refractivity contribution in [3.63, 3.8) is 0 Å². The van der Waals surface area contributed by atoms with Crippen molar-refractivity contribution in [2.45, 2.75) is 16.2 Å². The number of rotatable bonds is 6. The minimum Gasteiger partial charge on any atom is -0.325 e. The van der Waals surface area contributed by atoms with Gasteiger partial charge in [-0.2, -0.15) is 0 Å². The van der Waals surface area contributed by atoms with Gasteiger partial charge in [0.25, 0.3) is 0 Å². The van der Waals surface area contributed by atoms with Gasteiger partial charge >= 0.3 is 0 Å². The largest absolute Gasteiger partial charge is 0.325 e. The van der Waals surface area contributed by atoms with E-state index in [1.165, 1.54) is 11.8 Å². The molecule has 0 spiro atoms. The van der Waals surface area contributed by atoms with E-state index in [9.17, 15) is 4.79 Å². The average Bonchev–Trinajstić information content (AvgIpc) is 2.65. The van der Waals surface area contributed by atoms with Crippen molar-refractivity contribution >= 4 is 46.6 Å². The van der Waals surface area contributed by atoms with Crippen LogP contribution >= 0.6 is 35.0 Å². The van der Waals surface area contributed by atoms with Crippen LogP contribution in [0.2, 0.25) is 10.0 Å². The van der Waals surface area contributed by atoms with Gasteiger partial charge < -0.3 is 15.1 Å². The van der Waals surface area contributed by atoms with E-state index in [1.54, 1.807) is 6.07 Å². The molecular formula is C20H23Cl2N3OS. The Bertz CT molecular complexity index is 795. The normalized spacial score (nSPS) is 15.7. The Balaban J connectivity index is 1.59. The zero-order valence-corrected chi connectivity index (χ0v) is 17.6. The molecule has 0 aliphatic carbocycles. The van der Waals surface area contributed by atoms with Crippen LogP contribution in [-0.2, 0) is 4.79 Å². The fourth-order valence-corrected chi connectivity index (χ4v) is 4.31. The summed E-state index contributed by atoms with van der Waals surface area (Å²) in [6, 6.07) is 13.2. The van der Waals surface area contributed by atoms with Crippen molar-refractivity contribution in [3.05, 3.63) is 52.5 Å². The predicted octanol–water partition coefficient (Wildman–Crippen LogP) is 4.72. The van der Waals surface area contributed by atoms with Crippen molar-refractivity contribution in [1.82, 2.24) is 9.80 Å². The monoisotopic (exact) mass is 423 g/mol. The Morgan fingerprint density at radius 1 is 1.07 bits per heavy atom. The quantitative estimate of drug-likeness (QED) is 0.728. The second-order valence-corrected chi connectivity index (χ2v) is 8.54. The molecule has 1 N–H and O–H groups in total. The first kappa shape index (κ1) is 20.5. The summed E-state index contributed by atoms with van der Waals surface area (Å²) >= 11 is 13.8. The second kappa shape index (κ2) is 9.80. The molecule has 1 aliphatic rings. The molecule has 2 aromatic rings. The third kappa shape index (κ3) is 6.13. The van der Waals surface area contributed by atoms with Crippen molar-refractivity contribution in [1.29, 1.82) is 0 Å². The lowest BCUT2D eigenvalue weighted by Gasteiger charge is -2.32. The molecule has 0 saturated carbocycles. The number of piperazine rings is 1. The Labute approximate surface area is 174 Å². The van der Waals surface area contributed by atoms with E-state index < -0.39 is 0 Å². The summed E-state index contributed by atoms with van der Waals surface area (Å²) < 4.78 is 0. The van der Waals surface area contributed by atoms with Gasteiger partial charge in [0.05, 0.1) is 10.7 Å². The zero-order valence-electron chi connectivity index (χ0n) is 15.3. The second-order valence-electron chi connectivity index (χ2n) is 6.62. The number of para-hydroxylation sites is 1. The van der Waals surface area contributed by atoms with Gasteiger partial charge in [-0.15, -0.1) is 0 Å². The standard InChI is InChI=1S/C20H23Cl2N3OS/c1-24-10-12-25(13-11-24)9-8-20(26)23-17-4-2-3-5-19(17)27-18-7-6-15(21)14-16(18)22/h2-7,14H,8-13H2,1H3,(H,23,26). The highest BCUT2D eigenvalue weighted by atomic mass is 35.5. The number of carbonyl (C=O) groups is 1. The Kier molecular flexibility index (Phi) is 7.44. The molecule has 4 nitrogen and oxygen atoms in total. The maximum atomic E-state index is 12.4. The van der Waals surface area contributed by atoms with Crippen LogP contribution in [0.15, 0.2) is 52.3 Å². The van der Waals surface area contributed by atoms with E-state index in [0.29, 0.717) is 16.5 Å². The molecule has 1 aliphatic heterocycles. The molecule has 144 valence electrons. The topological polar surface area (TPSA) is 35.6 Å². The van der Waals surface area contributed by atoms with Gasteiger partial charge in [-0.25, -0.2) is 0 Å². The highest BCUT2D eigenvalue weighted by molar-refractivity contribution is 7.99. The third-order valence-corrected chi connectivity index (χ3v) is 6.34. The molecule has 3 rings (SSSR count). The Hall–Kier alpha value is -1.24. The minimum absolute atomic E-state index is 0.0316. The zero-order chi connectivity index (χ0) is 19.2. The number of hydrogen-bond acceptors (Lipinski definition) is 4. The van der Waals surface area contributed by atoms with Gasteiger partial charge in [-0.1, -0.05) is 47.1 Å². The lowest BCUT2D eigenvalue weighted by atomic mass is 10.2. The molecule has 1 amide bonds. The molecule has 0 unspecified atom stereocenters. The number of nitrogens with zero attached hydrogens (tertiary/aromatic N) is 2. The Morgan fingerprint density at radius 2 is 1.81 bits per heavy atom. The van der Waals surface area contributed by atoms with Crippen molar-refractivity contribution < 1.29 is 4.79 Å². The first-order valence-electron chi connectivity index (χ1n) is 8.94. The molecule has 27 heavy (non-hydrogen) atoms. The number of nitrogens with one attached hydrogen (secondary N) is 1. The molecule has 1 fully saturated rings. The summed E-state index contributed by atoms with van der Waals surface area (Å²) in [7, 11) is 2.13. The van der Waals surface area contributed by atoms with Gasteiger partial charge in [-0.3, -0.25) is 4.79 Å². The van der Waals surface area contributed by atoms with Crippen LogP contribution in [0.1, 0.15) is 6.42 Å². The molecule has 0 atom stereocenters. The van der Waals surface area contributed by atoms with Gasteiger partial charge in [0.2, 0.25) is 5.91 Å². The smallest absolute Gasteiger partial charge is 0.225 e. The summed E-state index contributed by atoms with van der Waals surface area (Å²) in [5.41, 5.74) is 0.803.